The third kappa shape index (κ3) is 2.32. The van der Waals surface area contributed by atoms with Crippen LogP contribution in [0.4, 0.5) is 5.13 Å². The lowest BCUT2D eigenvalue weighted by Crippen LogP contribution is -2.17. The first-order chi connectivity index (χ1) is 10.3. The molecule has 0 radical (unpaired) electrons. The van der Waals surface area contributed by atoms with E-state index in [1.807, 2.05) is 0 Å². The van der Waals surface area contributed by atoms with Gasteiger partial charge < -0.3 is 5.32 Å². The van der Waals surface area contributed by atoms with Crippen molar-refractivity contribution in [1.82, 2.24) is 4.98 Å². The van der Waals surface area contributed by atoms with Gasteiger partial charge in [0.05, 0.1) is 16.3 Å². The minimum atomic E-state index is 0.399. The second-order valence-corrected chi connectivity index (χ2v) is 6.76. The van der Waals surface area contributed by atoms with Crippen molar-refractivity contribution in [2.24, 2.45) is 0 Å². The Labute approximate surface area is 128 Å². The van der Waals surface area contributed by atoms with Crippen LogP contribution >= 0.6 is 11.3 Å². The van der Waals surface area contributed by atoms with Gasteiger partial charge in [0.25, 0.3) is 0 Å². The first-order valence-electron chi connectivity index (χ1n) is 7.52. The zero-order chi connectivity index (χ0) is 14.2. The molecule has 0 bridgehead atoms. The molecule has 0 aliphatic heterocycles. The van der Waals surface area contributed by atoms with Crippen molar-refractivity contribution < 1.29 is 0 Å². The minimum absolute atomic E-state index is 0.399. The zero-order valence-electron chi connectivity index (χ0n) is 12.1. The Balaban J connectivity index is 1.68. The van der Waals surface area contributed by atoms with Gasteiger partial charge in [-0.15, -0.1) is 0 Å². The van der Waals surface area contributed by atoms with Gasteiger partial charge in [0, 0.05) is 0 Å². The second-order valence-electron chi connectivity index (χ2n) is 5.73. The molecule has 3 heteroatoms. The number of nitrogens with one attached hydrogen (secondary N) is 1. The topological polar surface area (TPSA) is 24.9 Å². The number of benzene rings is 2. The first kappa shape index (κ1) is 12.8. The number of nitrogens with zero attached hydrogens (tertiary/aromatic N) is 1. The highest BCUT2D eigenvalue weighted by Gasteiger charge is 2.20. The summed E-state index contributed by atoms with van der Waals surface area (Å²) >= 11 is 1.76. The highest BCUT2D eigenvalue weighted by atomic mass is 32.1. The van der Waals surface area contributed by atoms with E-state index in [4.69, 9.17) is 4.98 Å². The molecule has 4 rings (SSSR count). The molecule has 3 aromatic rings. The Morgan fingerprint density at radius 3 is 2.95 bits per heavy atom. The van der Waals surface area contributed by atoms with Gasteiger partial charge in [-0.25, -0.2) is 4.98 Å². The minimum Gasteiger partial charge on any atom is -0.355 e. The molecule has 0 saturated carbocycles. The monoisotopic (exact) mass is 294 g/mol. The van der Waals surface area contributed by atoms with E-state index in [1.54, 1.807) is 11.3 Å². The summed E-state index contributed by atoms with van der Waals surface area (Å²) in [5, 5.41) is 4.70. The first-order valence-corrected chi connectivity index (χ1v) is 8.33. The molecule has 2 aromatic carbocycles. The van der Waals surface area contributed by atoms with E-state index in [0.717, 1.165) is 10.6 Å². The molecule has 1 heterocycles. The van der Waals surface area contributed by atoms with Crippen LogP contribution in [0.3, 0.4) is 0 Å². The van der Waals surface area contributed by atoms with Gasteiger partial charge in [-0.2, -0.15) is 0 Å². The quantitative estimate of drug-likeness (QED) is 0.711. The summed E-state index contributed by atoms with van der Waals surface area (Å²) in [7, 11) is 0. The molecule has 1 aliphatic rings. The van der Waals surface area contributed by atoms with E-state index < -0.39 is 0 Å². The summed E-state index contributed by atoms with van der Waals surface area (Å²) in [5.41, 5.74) is 5.31. The molecule has 0 fully saturated rings. The number of hydrogen-bond donors (Lipinski definition) is 1. The van der Waals surface area contributed by atoms with E-state index >= 15 is 0 Å². The Hall–Kier alpha value is -1.87. The fraction of sp³-hybridized carbons (Fsp3) is 0.278. The molecule has 106 valence electrons. The third-order valence-corrected chi connectivity index (χ3v) is 5.24. The molecular formula is C18H18N2S. The average Bonchev–Trinajstić information content (AvgIpc) is 2.92. The maximum atomic E-state index is 4.79. The number of rotatable bonds is 2. The van der Waals surface area contributed by atoms with Gasteiger partial charge in [0.15, 0.2) is 5.13 Å². The summed E-state index contributed by atoms with van der Waals surface area (Å²) in [6.45, 7) is 2.13. The number of aryl methyl sites for hydroxylation is 2. The molecule has 0 saturated heterocycles. The predicted octanol–water partition coefficient (Wildman–Crippen LogP) is 5.09. The van der Waals surface area contributed by atoms with Crippen molar-refractivity contribution in [3.8, 4) is 0 Å². The van der Waals surface area contributed by atoms with Gasteiger partial charge >= 0.3 is 0 Å². The van der Waals surface area contributed by atoms with Gasteiger partial charge in [-0.1, -0.05) is 47.7 Å². The molecule has 1 N–H and O–H groups in total. The SMILES string of the molecule is Cc1cccc2sc(NC3CCCc4ccccc43)nc12. The summed E-state index contributed by atoms with van der Waals surface area (Å²) in [6, 6.07) is 15.6. The maximum absolute atomic E-state index is 4.79. The van der Waals surface area contributed by atoms with E-state index in [2.05, 4.69) is 54.7 Å². The molecule has 21 heavy (non-hydrogen) atoms. The molecular weight excluding hydrogens is 276 g/mol. The average molecular weight is 294 g/mol. The van der Waals surface area contributed by atoms with Crippen LogP contribution in [0.1, 0.15) is 35.6 Å². The summed E-state index contributed by atoms with van der Waals surface area (Å²) < 4.78 is 1.27. The van der Waals surface area contributed by atoms with Crippen LogP contribution < -0.4 is 5.32 Å². The third-order valence-electron chi connectivity index (χ3n) is 4.29. The molecule has 1 unspecified atom stereocenters. The van der Waals surface area contributed by atoms with E-state index in [9.17, 15) is 0 Å². The fourth-order valence-electron chi connectivity index (χ4n) is 3.20. The maximum Gasteiger partial charge on any atom is 0.184 e. The summed E-state index contributed by atoms with van der Waals surface area (Å²) in [5.74, 6) is 0. The van der Waals surface area contributed by atoms with Gasteiger partial charge in [-0.3, -0.25) is 0 Å². The van der Waals surface area contributed by atoms with E-state index in [1.165, 1.54) is 40.7 Å². The summed E-state index contributed by atoms with van der Waals surface area (Å²) in [6.07, 6.45) is 3.64. The van der Waals surface area contributed by atoms with Gasteiger partial charge in [0.2, 0.25) is 0 Å². The summed E-state index contributed by atoms with van der Waals surface area (Å²) in [4.78, 5) is 4.79. The van der Waals surface area contributed by atoms with Crippen molar-refractivity contribution in [1.29, 1.82) is 0 Å². The van der Waals surface area contributed by atoms with Gasteiger partial charge in [-0.05, 0) is 48.9 Å². The molecule has 1 atom stereocenters. The highest BCUT2D eigenvalue weighted by Crippen LogP contribution is 2.35. The van der Waals surface area contributed by atoms with Crippen LogP contribution in [-0.4, -0.2) is 4.98 Å². The number of fused-ring (bicyclic) bond motifs is 2. The van der Waals surface area contributed by atoms with Gasteiger partial charge in [0.1, 0.15) is 0 Å². The Morgan fingerprint density at radius 1 is 1.14 bits per heavy atom. The van der Waals surface area contributed by atoms with Crippen molar-refractivity contribution in [3.05, 3.63) is 59.2 Å². The Kier molecular flexibility index (Phi) is 3.15. The number of thiazole rings is 1. The molecule has 1 aliphatic carbocycles. The smallest absolute Gasteiger partial charge is 0.184 e. The standard InChI is InChI=1S/C18H18N2S/c1-12-6-4-11-16-17(12)20-18(21-16)19-15-10-5-8-13-7-2-3-9-14(13)15/h2-4,6-7,9,11,15H,5,8,10H2,1H3,(H,19,20). The number of hydrogen-bond acceptors (Lipinski definition) is 3. The molecule has 2 nitrogen and oxygen atoms in total. The molecule has 1 aromatic heterocycles. The van der Waals surface area contributed by atoms with Crippen LogP contribution in [0, 0.1) is 6.92 Å². The predicted molar refractivity (Wildman–Crippen MR) is 90.1 cm³/mol. The Morgan fingerprint density at radius 2 is 2.05 bits per heavy atom. The normalized spacial score (nSPS) is 17.7. The lowest BCUT2D eigenvalue weighted by molar-refractivity contribution is 0.600. The zero-order valence-corrected chi connectivity index (χ0v) is 12.9. The van der Waals surface area contributed by atoms with Crippen LogP contribution in [0.25, 0.3) is 10.2 Å². The Bertz CT molecular complexity index is 791. The lowest BCUT2D eigenvalue weighted by atomic mass is 9.88. The van der Waals surface area contributed by atoms with Crippen LogP contribution in [-0.2, 0) is 6.42 Å². The number of aromatic nitrogens is 1. The van der Waals surface area contributed by atoms with E-state index in [-0.39, 0.29) is 0 Å². The second kappa shape index (κ2) is 5.15. The number of anilines is 1. The number of para-hydroxylation sites is 1. The molecule has 0 amide bonds. The van der Waals surface area contributed by atoms with E-state index in [0.29, 0.717) is 6.04 Å². The van der Waals surface area contributed by atoms with Crippen LogP contribution in [0.15, 0.2) is 42.5 Å². The largest absolute Gasteiger partial charge is 0.355 e. The van der Waals surface area contributed by atoms with Crippen LogP contribution in [0.5, 0.6) is 0 Å². The van der Waals surface area contributed by atoms with Crippen molar-refractivity contribution >= 4 is 26.7 Å². The van der Waals surface area contributed by atoms with Crippen molar-refractivity contribution in [2.75, 3.05) is 5.32 Å². The molecule has 0 spiro atoms. The fourth-order valence-corrected chi connectivity index (χ4v) is 4.20. The van der Waals surface area contributed by atoms with Crippen molar-refractivity contribution in [3.63, 3.8) is 0 Å². The lowest BCUT2D eigenvalue weighted by Gasteiger charge is -2.26. The highest BCUT2D eigenvalue weighted by molar-refractivity contribution is 7.22. The van der Waals surface area contributed by atoms with Crippen LogP contribution in [0.2, 0.25) is 0 Å². The van der Waals surface area contributed by atoms with Crippen molar-refractivity contribution in [2.45, 2.75) is 32.2 Å².